The van der Waals surface area contributed by atoms with Crippen LogP contribution in [0.1, 0.15) is 30.7 Å². The first-order chi connectivity index (χ1) is 14.4. The lowest BCUT2D eigenvalue weighted by Crippen LogP contribution is -2.48. The van der Waals surface area contributed by atoms with Gasteiger partial charge >= 0.3 is 0 Å². The van der Waals surface area contributed by atoms with Crippen molar-refractivity contribution in [2.24, 2.45) is 0 Å². The molecule has 1 fully saturated rings. The zero-order valence-electron chi connectivity index (χ0n) is 17.6. The molecular weight excluding hydrogens is 396 g/mol. The molecule has 7 heteroatoms. The van der Waals surface area contributed by atoms with Crippen molar-refractivity contribution in [2.75, 3.05) is 40.3 Å². The first kappa shape index (κ1) is 20.5. The molecule has 1 saturated heterocycles. The van der Waals surface area contributed by atoms with E-state index in [0.29, 0.717) is 24.5 Å². The number of hydrogen-bond acceptors (Lipinski definition) is 5. The van der Waals surface area contributed by atoms with Crippen molar-refractivity contribution < 1.29 is 9.59 Å². The predicted octanol–water partition coefficient (Wildman–Crippen LogP) is 3.26. The highest BCUT2D eigenvalue weighted by Crippen LogP contribution is 2.22. The lowest BCUT2D eigenvalue weighted by Gasteiger charge is -2.34. The second-order valence-electron chi connectivity index (χ2n) is 7.85. The molecule has 6 nitrogen and oxygen atoms in total. The zero-order valence-corrected chi connectivity index (χ0v) is 18.4. The Morgan fingerprint density at radius 2 is 1.73 bits per heavy atom. The molecule has 3 aromatic rings. The van der Waals surface area contributed by atoms with E-state index in [9.17, 15) is 9.59 Å². The average Bonchev–Trinajstić information content (AvgIpc) is 3.12. The number of amides is 2. The van der Waals surface area contributed by atoms with Crippen LogP contribution in [0.2, 0.25) is 0 Å². The van der Waals surface area contributed by atoms with E-state index in [1.54, 1.807) is 19.0 Å². The second kappa shape index (κ2) is 8.53. The van der Waals surface area contributed by atoms with Crippen LogP contribution in [0.25, 0.3) is 10.8 Å². The van der Waals surface area contributed by atoms with Gasteiger partial charge < -0.3 is 9.80 Å². The van der Waals surface area contributed by atoms with Crippen LogP contribution in [0, 0.1) is 6.92 Å². The first-order valence-corrected chi connectivity index (χ1v) is 10.9. The molecule has 1 aromatic heterocycles. The van der Waals surface area contributed by atoms with E-state index in [2.05, 4.69) is 16.0 Å². The van der Waals surface area contributed by atoms with Gasteiger partial charge in [0.15, 0.2) is 0 Å². The summed E-state index contributed by atoms with van der Waals surface area (Å²) in [5.74, 6) is 0.0893. The Morgan fingerprint density at radius 3 is 2.43 bits per heavy atom. The summed E-state index contributed by atoms with van der Waals surface area (Å²) in [7, 11) is 3.51. The van der Waals surface area contributed by atoms with E-state index in [4.69, 9.17) is 0 Å². The molecule has 0 bridgehead atoms. The number of thiazole rings is 1. The number of carbonyl (C=O) groups is 2. The zero-order chi connectivity index (χ0) is 21.3. The number of fused-ring (bicyclic) bond motifs is 1. The number of aromatic nitrogens is 1. The summed E-state index contributed by atoms with van der Waals surface area (Å²) in [5, 5.41) is 3.18. The van der Waals surface area contributed by atoms with Crippen molar-refractivity contribution >= 4 is 33.9 Å². The monoisotopic (exact) mass is 422 g/mol. The van der Waals surface area contributed by atoms with E-state index in [1.165, 1.54) is 11.3 Å². The second-order valence-corrected chi connectivity index (χ2v) is 8.94. The number of benzene rings is 2. The molecule has 2 aromatic carbocycles. The largest absolute Gasteiger partial charge is 0.344 e. The number of carbonyl (C=O) groups excluding carboxylic acids is 2. The van der Waals surface area contributed by atoms with Crippen molar-refractivity contribution in [3.63, 3.8) is 0 Å². The third-order valence-electron chi connectivity index (χ3n) is 5.46. The molecule has 0 atom stereocenters. The Labute approximate surface area is 180 Å². The van der Waals surface area contributed by atoms with Crippen LogP contribution in [0.5, 0.6) is 0 Å². The van der Waals surface area contributed by atoms with Gasteiger partial charge in [-0.25, -0.2) is 4.98 Å². The van der Waals surface area contributed by atoms with Crippen molar-refractivity contribution in [2.45, 2.75) is 13.5 Å². The van der Waals surface area contributed by atoms with Gasteiger partial charge in [-0.1, -0.05) is 30.3 Å². The third kappa shape index (κ3) is 4.22. The number of piperazine rings is 1. The van der Waals surface area contributed by atoms with Gasteiger partial charge in [-0.3, -0.25) is 14.5 Å². The molecule has 1 aliphatic heterocycles. The fourth-order valence-electron chi connectivity index (χ4n) is 3.73. The molecule has 30 heavy (non-hydrogen) atoms. The summed E-state index contributed by atoms with van der Waals surface area (Å²) in [6.07, 6.45) is 0. The summed E-state index contributed by atoms with van der Waals surface area (Å²) in [4.78, 5) is 36.3. The number of aryl methyl sites for hydroxylation is 1. The van der Waals surface area contributed by atoms with Crippen molar-refractivity contribution in [3.8, 4) is 0 Å². The maximum absolute atomic E-state index is 13.0. The Bertz CT molecular complexity index is 1080. The predicted molar refractivity (Wildman–Crippen MR) is 120 cm³/mol. The van der Waals surface area contributed by atoms with Crippen LogP contribution in [0.4, 0.5) is 0 Å². The van der Waals surface area contributed by atoms with Gasteiger partial charge in [0.25, 0.3) is 11.8 Å². The van der Waals surface area contributed by atoms with E-state index in [1.807, 2.05) is 48.2 Å². The van der Waals surface area contributed by atoms with Gasteiger partial charge in [-0.2, -0.15) is 0 Å². The Kier molecular flexibility index (Phi) is 5.83. The van der Waals surface area contributed by atoms with Crippen LogP contribution in [0.3, 0.4) is 0 Å². The molecule has 0 aliphatic carbocycles. The Hall–Kier alpha value is -2.77. The first-order valence-electron chi connectivity index (χ1n) is 10.1. The summed E-state index contributed by atoms with van der Waals surface area (Å²) in [6.45, 7) is 5.59. The molecule has 0 saturated carbocycles. The smallest absolute Gasteiger partial charge is 0.265 e. The molecule has 4 rings (SSSR count). The van der Waals surface area contributed by atoms with Crippen LogP contribution in [-0.4, -0.2) is 71.8 Å². The van der Waals surface area contributed by atoms with E-state index >= 15 is 0 Å². The minimum absolute atomic E-state index is 0.00190. The van der Waals surface area contributed by atoms with Crippen molar-refractivity contribution in [3.05, 3.63) is 63.6 Å². The molecule has 0 unspecified atom stereocenters. The SMILES string of the molecule is Cc1nc(CN2CCN(C(=O)c3ccc4ccccc4c3)CC2)sc1C(=O)N(C)C. The van der Waals surface area contributed by atoms with E-state index < -0.39 is 0 Å². The highest BCUT2D eigenvalue weighted by molar-refractivity contribution is 7.13. The quantitative estimate of drug-likeness (QED) is 0.648. The summed E-state index contributed by atoms with van der Waals surface area (Å²) in [6, 6.07) is 14.0. The van der Waals surface area contributed by atoms with Gasteiger partial charge in [-0.05, 0) is 29.8 Å². The van der Waals surface area contributed by atoms with Crippen molar-refractivity contribution in [1.29, 1.82) is 0 Å². The standard InChI is InChI=1S/C23H26N4O2S/c1-16-21(23(29)25(2)3)30-20(24-16)15-26-10-12-27(13-11-26)22(28)19-9-8-17-6-4-5-7-18(17)14-19/h4-9,14H,10-13,15H2,1-3H3. The van der Waals surface area contributed by atoms with Crippen molar-refractivity contribution in [1.82, 2.24) is 19.7 Å². The molecule has 0 N–H and O–H groups in total. The normalized spacial score (nSPS) is 14.8. The molecule has 2 heterocycles. The number of nitrogens with zero attached hydrogens (tertiary/aromatic N) is 4. The lowest BCUT2D eigenvalue weighted by atomic mass is 10.1. The fourth-order valence-corrected chi connectivity index (χ4v) is 4.86. The highest BCUT2D eigenvalue weighted by Gasteiger charge is 2.24. The maximum Gasteiger partial charge on any atom is 0.265 e. The number of rotatable bonds is 4. The molecule has 0 radical (unpaired) electrons. The minimum Gasteiger partial charge on any atom is -0.344 e. The van der Waals surface area contributed by atoms with Gasteiger partial charge in [0.1, 0.15) is 9.88 Å². The molecule has 156 valence electrons. The highest BCUT2D eigenvalue weighted by atomic mass is 32.1. The Morgan fingerprint density at radius 1 is 1.03 bits per heavy atom. The fraction of sp³-hybridized carbons (Fsp3) is 0.348. The third-order valence-corrected chi connectivity index (χ3v) is 6.59. The number of hydrogen-bond donors (Lipinski definition) is 0. The van der Waals surface area contributed by atoms with Crippen LogP contribution in [-0.2, 0) is 6.54 Å². The van der Waals surface area contributed by atoms with E-state index in [0.717, 1.165) is 40.1 Å². The van der Waals surface area contributed by atoms with Gasteiger partial charge in [-0.15, -0.1) is 11.3 Å². The topological polar surface area (TPSA) is 56.8 Å². The van der Waals surface area contributed by atoms with Gasteiger partial charge in [0.2, 0.25) is 0 Å². The molecule has 0 spiro atoms. The lowest BCUT2D eigenvalue weighted by molar-refractivity contribution is 0.0628. The minimum atomic E-state index is 0.00190. The van der Waals surface area contributed by atoms with E-state index in [-0.39, 0.29) is 11.8 Å². The van der Waals surface area contributed by atoms with Gasteiger partial charge in [0.05, 0.1) is 12.2 Å². The van der Waals surface area contributed by atoms with Crippen LogP contribution in [0.15, 0.2) is 42.5 Å². The van der Waals surface area contributed by atoms with Crippen LogP contribution >= 0.6 is 11.3 Å². The Balaban J connectivity index is 1.37. The maximum atomic E-state index is 13.0. The molecular formula is C23H26N4O2S. The summed E-state index contributed by atoms with van der Waals surface area (Å²) >= 11 is 1.47. The molecule has 2 amide bonds. The van der Waals surface area contributed by atoms with Gasteiger partial charge in [0, 0.05) is 45.8 Å². The molecule has 1 aliphatic rings. The van der Waals surface area contributed by atoms with Crippen LogP contribution < -0.4 is 0 Å². The summed E-state index contributed by atoms with van der Waals surface area (Å²) in [5.41, 5.74) is 1.53. The average molecular weight is 423 g/mol. The summed E-state index contributed by atoms with van der Waals surface area (Å²) < 4.78 is 0.